The summed E-state index contributed by atoms with van der Waals surface area (Å²) in [6.45, 7) is 2.37. The van der Waals surface area contributed by atoms with Crippen LogP contribution in [0.3, 0.4) is 0 Å². The first-order valence-electron chi connectivity index (χ1n) is 11.7. The number of benzene rings is 2. The molecular weight excluding hydrogens is 446 g/mol. The Morgan fingerprint density at radius 1 is 1.00 bits per heavy atom. The molecule has 2 fully saturated rings. The van der Waals surface area contributed by atoms with Crippen LogP contribution in [-0.2, 0) is 22.6 Å². The SMILES string of the molecule is COc1ccc(C[C@@H]2NC(=O)[C@H]3CN(Cc4cnn(-c5ccccc5OC)c4)CCN3C2=O)cc1. The molecule has 2 aromatic carbocycles. The molecule has 0 bridgehead atoms. The van der Waals surface area contributed by atoms with E-state index in [0.717, 1.165) is 28.3 Å². The first kappa shape index (κ1) is 22.9. The second-order valence-corrected chi connectivity index (χ2v) is 8.86. The van der Waals surface area contributed by atoms with Crippen molar-refractivity contribution in [2.45, 2.75) is 25.0 Å². The first-order valence-corrected chi connectivity index (χ1v) is 11.7. The average Bonchev–Trinajstić information content (AvgIpc) is 3.35. The number of nitrogens with zero attached hydrogens (tertiary/aromatic N) is 4. The van der Waals surface area contributed by atoms with Gasteiger partial charge in [-0.15, -0.1) is 0 Å². The number of methoxy groups -OCH3 is 2. The molecule has 182 valence electrons. The number of fused-ring (bicyclic) bond motifs is 1. The largest absolute Gasteiger partial charge is 0.497 e. The van der Waals surface area contributed by atoms with E-state index in [9.17, 15) is 9.59 Å². The fourth-order valence-electron chi connectivity index (χ4n) is 4.79. The molecule has 9 heteroatoms. The molecule has 3 heterocycles. The molecule has 0 saturated carbocycles. The topological polar surface area (TPSA) is 88.9 Å². The lowest BCUT2D eigenvalue weighted by Crippen LogP contribution is -2.69. The van der Waals surface area contributed by atoms with Crippen molar-refractivity contribution >= 4 is 11.8 Å². The highest BCUT2D eigenvalue weighted by Crippen LogP contribution is 2.23. The fourth-order valence-corrected chi connectivity index (χ4v) is 4.79. The van der Waals surface area contributed by atoms with E-state index >= 15 is 0 Å². The van der Waals surface area contributed by atoms with E-state index in [4.69, 9.17) is 9.47 Å². The van der Waals surface area contributed by atoms with Crippen LogP contribution in [0.4, 0.5) is 0 Å². The van der Waals surface area contributed by atoms with E-state index in [1.54, 1.807) is 23.8 Å². The number of ether oxygens (including phenoxy) is 2. The van der Waals surface area contributed by atoms with E-state index in [0.29, 0.717) is 32.6 Å². The molecule has 0 aliphatic carbocycles. The van der Waals surface area contributed by atoms with Crippen molar-refractivity contribution in [3.8, 4) is 17.2 Å². The fraction of sp³-hybridized carbons (Fsp3) is 0.346. The maximum Gasteiger partial charge on any atom is 0.246 e. The van der Waals surface area contributed by atoms with E-state index in [1.165, 1.54) is 0 Å². The number of aromatic nitrogens is 2. The van der Waals surface area contributed by atoms with Gasteiger partial charge in [-0.25, -0.2) is 4.68 Å². The maximum atomic E-state index is 13.2. The highest BCUT2D eigenvalue weighted by Gasteiger charge is 2.43. The van der Waals surface area contributed by atoms with E-state index < -0.39 is 12.1 Å². The number of rotatable bonds is 7. The molecule has 2 saturated heterocycles. The highest BCUT2D eigenvalue weighted by molar-refractivity contribution is 5.97. The quantitative estimate of drug-likeness (QED) is 0.559. The summed E-state index contributed by atoms with van der Waals surface area (Å²) in [7, 11) is 3.26. The number of hydrogen-bond donors (Lipinski definition) is 1. The number of amides is 2. The summed E-state index contributed by atoms with van der Waals surface area (Å²) in [6.07, 6.45) is 4.26. The maximum absolute atomic E-state index is 13.2. The molecule has 1 N–H and O–H groups in total. The Morgan fingerprint density at radius 3 is 2.57 bits per heavy atom. The molecule has 9 nitrogen and oxygen atoms in total. The Balaban J connectivity index is 1.22. The predicted octanol–water partition coefficient (Wildman–Crippen LogP) is 1.64. The van der Waals surface area contributed by atoms with Crippen LogP contribution in [0.25, 0.3) is 5.69 Å². The molecule has 3 aromatic rings. The van der Waals surface area contributed by atoms with Crippen LogP contribution in [0, 0.1) is 0 Å². The van der Waals surface area contributed by atoms with Gasteiger partial charge in [0, 0.05) is 44.4 Å². The van der Waals surface area contributed by atoms with Crippen molar-refractivity contribution < 1.29 is 19.1 Å². The van der Waals surface area contributed by atoms with Crippen LogP contribution >= 0.6 is 0 Å². The second kappa shape index (κ2) is 9.79. The van der Waals surface area contributed by atoms with Crippen molar-refractivity contribution in [1.29, 1.82) is 0 Å². The van der Waals surface area contributed by atoms with Crippen LogP contribution in [0.1, 0.15) is 11.1 Å². The van der Waals surface area contributed by atoms with Crippen LogP contribution in [0.15, 0.2) is 60.9 Å². The van der Waals surface area contributed by atoms with Crippen LogP contribution in [0.2, 0.25) is 0 Å². The molecule has 5 rings (SSSR count). The zero-order chi connectivity index (χ0) is 24.4. The minimum Gasteiger partial charge on any atom is -0.497 e. The molecule has 2 atom stereocenters. The zero-order valence-electron chi connectivity index (χ0n) is 19.9. The molecule has 2 aliphatic heterocycles. The Bertz CT molecular complexity index is 1210. The van der Waals surface area contributed by atoms with Gasteiger partial charge in [0.25, 0.3) is 0 Å². The van der Waals surface area contributed by atoms with Crippen molar-refractivity contribution in [3.05, 3.63) is 72.1 Å². The average molecular weight is 476 g/mol. The highest BCUT2D eigenvalue weighted by atomic mass is 16.5. The number of piperazine rings is 2. The minimum absolute atomic E-state index is 0.0194. The Hall–Kier alpha value is -3.85. The Morgan fingerprint density at radius 2 is 1.80 bits per heavy atom. The van der Waals surface area contributed by atoms with Crippen LogP contribution in [-0.4, -0.2) is 77.3 Å². The number of carbonyl (C=O) groups excluding carboxylic acids is 2. The molecule has 0 spiro atoms. The lowest BCUT2D eigenvalue weighted by molar-refractivity contribution is -0.153. The van der Waals surface area contributed by atoms with Gasteiger partial charge in [-0.2, -0.15) is 5.10 Å². The van der Waals surface area contributed by atoms with Gasteiger partial charge in [-0.05, 0) is 29.8 Å². The van der Waals surface area contributed by atoms with E-state index in [-0.39, 0.29) is 11.8 Å². The van der Waals surface area contributed by atoms with Gasteiger partial charge in [-0.1, -0.05) is 24.3 Å². The Labute approximate surface area is 204 Å². The van der Waals surface area contributed by atoms with Gasteiger partial charge >= 0.3 is 0 Å². The summed E-state index contributed by atoms with van der Waals surface area (Å²) < 4.78 is 12.4. The number of nitrogens with one attached hydrogen (secondary N) is 1. The summed E-state index contributed by atoms with van der Waals surface area (Å²) in [5.41, 5.74) is 2.88. The molecule has 1 aromatic heterocycles. The van der Waals surface area contributed by atoms with E-state index in [1.807, 2.05) is 60.9 Å². The molecule has 0 radical (unpaired) electrons. The second-order valence-electron chi connectivity index (χ2n) is 8.86. The summed E-state index contributed by atoms with van der Waals surface area (Å²) in [5, 5.41) is 7.43. The standard InChI is InChI=1S/C26H29N5O4/c1-34-20-9-7-18(8-10-20)13-21-26(33)30-12-11-29(17-23(30)25(32)28-21)15-19-14-27-31(16-19)22-5-3-4-6-24(22)35-2/h3-10,14,16,21,23H,11-13,15,17H2,1-2H3,(H,28,32)/t21-,23+/m0/s1. The number of hydrogen-bond acceptors (Lipinski definition) is 6. The third-order valence-electron chi connectivity index (χ3n) is 6.64. The molecule has 35 heavy (non-hydrogen) atoms. The van der Waals surface area contributed by atoms with Gasteiger partial charge in [0.05, 0.1) is 20.4 Å². The van der Waals surface area contributed by atoms with E-state index in [2.05, 4.69) is 15.3 Å². The van der Waals surface area contributed by atoms with Gasteiger partial charge in [-0.3, -0.25) is 14.5 Å². The van der Waals surface area contributed by atoms with Crippen molar-refractivity contribution in [1.82, 2.24) is 24.9 Å². The predicted molar refractivity (Wildman–Crippen MR) is 130 cm³/mol. The van der Waals surface area contributed by atoms with Crippen LogP contribution < -0.4 is 14.8 Å². The smallest absolute Gasteiger partial charge is 0.246 e. The summed E-state index contributed by atoms with van der Waals surface area (Å²) in [5.74, 6) is 1.39. The van der Waals surface area contributed by atoms with Gasteiger partial charge in [0.1, 0.15) is 29.3 Å². The van der Waals surface area contributed by atoms with Crippen LogP contribution in [0.5, 0.6) is 11.5 Å². The summed E-state index contributed by atoms with van der Waals surface area (Å²) >= 11 is 0. The van der Waals surface area contributed by atoms with Gasteiger partial charge in [0.15, 0.2) is 0 Å². The third-order valence-corrected chi connectivity index (χ3v) is 6.64. The van der Waals surface area contributed by atoms with Gasteiger partial charge in [0.2, 0.25) is 11.8 Å². The third kappa shape index (κ3) is 4.72. The summed E-state index contributed by atoms with van der Waals surface area (Å²) in [4.78, 5) is 30.0. The van der Waals surface area contributed by atoms with Gasteiger partial charge < -0.3 is 19.7 Å². The summed E-state index contributed by atoms with van der Waals surface area (Å²) in [6, 6.07) is 14.3. The number of carbonyl (C=O) groups is 2. The molecule has 0 unspecified atom stereocenters. The number of para-hydroxylation sites is 2. The molecule has 2 amide bonds. The monoisotopic (exact) mass is 475 g/mol. The lowest BCUT2D eigenvalue weighted by atomic mass is 9.98. The zero-order valence-corrected chi connectivity index (χ0v) is 19.9. The van der Waals surface area contributed by atoms with Crippen molar-refractivity contribution in [2.75, 3.05) is 33.9 Å². The molecule has 2 aliphatic rings. The van der Waals surface area contributed by atoms with Crippen molar-refractivity contribution in [2.24, 2.45) is 0 Å². The lowest BCUT2D eigenvalue weighted by Gasteiger charge is -2.45. The molecular formula is C26H29N5O4. The minimum atomic E-state index is -0.544. The normalized spacial score (nSPS) is 20.3. The first-order chi connectivity index (χ1) is 17.1. The van der Waals surface area contributed by atoms with Crippen molar-refractivity contribution in [3.63, 3.8) is 0 Å². The Kier molecular flexibility index (Phi) is 6.41.